The van der Waals surface area contributed by atoms with Crippen LogP contribution >= 0.6 is 11.8 Å². The topological polar surface area (TPSA) is 76.1 Å². The van der Waals surface area contributed by atoms with E-state index in [1.165, 1.54) is 24.6 Å². The van der Waals surface area contributed by atoms with Crippen molar-refractivity contribution in [3.63, 3.8) is 0 Å². The summed E-state index contributed by atoms with van der Waals surface area (Å²) in [6.07, 6.45) is 7.82. The molecule has 0 radical (unpaired) electrons. The summed E-state index contributed by atoms with van der Waals surface area (Å²) in [7, 11) is 0. The molecule has 2 N–H and O–H groups in total. The number of nitrogens with one attached hydrogen (secondary N) is 2. The maximum Gasteiger partial charge on any atom is 0.270 e. The number of benzene rings is 1. The van der Waals surface area contributed by atoms with Crippen molar-refractivity contribution in [3.05, 3.63) is 45.7 Å². The molecule has 0 spiro atoms. The first kappa shape index (κ1) is 20.1. The average Bonchev–Trinajstić information content (AvgIpc) is 2.94. The van der Waals surface area contributed by atoms with Crippen LogP contribution in [0.4, 0.5) is 5.82 Å². The highest BCUT2D eigenvalue weighted by atomic mass is 32.2. The minimum absolute atomic E-state index is 0.0528. The average molecular weight is 416 g/mol. The summed E-state index contributed by atoms with van der Waals surface area (Å²) >= 11 is 1.50. The van der Waals surface area contributed by atoms with Gasteiger partial charge in [-0.1, -0.05) is 44.7 Å². The van der Waals surface area contributed by atoms with Crippen LogP contribution in [-0.4, -0.2) is 28.0 Å². The molecule has 29 heavy (non-hydrogen) atoms. The lowest BCUT2D eigenvalue weighted by atomic mass is 10.1. The van der Waals surface area contributed by atoms with Gasteiger partial charge < -0.3 is 10.1 Å². The lowest BCUT2D eigenvalue weighted by Gasteiger charge is -2.19. The predicted octanol–water partition coefficient (Wildman–Crippen LogP) is 4.64. The Kier molecular flexibility index (Phi) is 6.33. The van der Waals surface area contributed by atoms with Crippen molar-refractivity contribution in [2.75, 3.05) is 17.7 Å². The molecule has 0 saturated heterocycles. The third kappa shape index (κ3) is 4.39. The zero-order chi connectivity index (χ0) is 20.2. The lowest BCUT2D eigenvalue weighted by molar-refractivity contribution is -0.113. The molecule has 2 aliphatic rings. The van der Waals surface area contributed by atoms with E-state index in [9.17, 15) is 9.59 Å². The number of aromatic amines is 1. The fourth-order valence-corrected chi connectivity index (χ4v) is 5.38. The molecular formula is C22H29N3O3S. The van der Waals surface area contributed by atoms with Crippen LogP contribution in [0.25, 0.3) is 0 Å². The Bertz CT molecular complexity index is 895. The highest BCUT2D eigenvalue weighted by molar-refractivity contribution is 8.00. The fourth-order valence-electron chi connectivity index (χ4n) is 4.26. The largest absolute Gasteiger partial charge is 0.494 e. The second kappa shape index (κ2) is 9.11. The van der Waals surface area contributed by atoms with E-state index in [0.717, 1.165) is 43.4 Å². The molecule has 1 aromatic carbocycles. The molecule has 0 unspecified atom stereocenters. The number of rotatable bonds is 5. The number of fused-ring (bicyclic) bond motifs is 1. The summed E-state index contributed by atoms with van der Waals surface area (Å²) in [5.74, 6) is 1.77. The number of hydrogen-bond donors (Lipinski definition) is 2. The number of carbonyl (C=O) groups excluding carboxylic acids is 1. The molecule has 7 heteroatoms. The van der Waals surface area contributed by atoms with Crippen LogP contribution in [0.1, 0.15) is 74.3 Å². The van der Waals surface area contributed by atoms with Crippen molar-refractivity contribution in [2.24, 2.45) is 0 Å². The summed E-state index contributed by atoms with van der Waals surface area (Å²) in [5.41, 5.74) is 1.57. The van der Waals surface area contributed by atoms with Gasteiger partial charge in [-0.3, -0.25) is 19.4 Å². The standard InChI is InChI=1S/C22H29N3O3S/c1-2-13-28-17-11-9-15(10-12-17)20-19-21(23-18(26)14-29-20)25(24-22(19)27)16-7-5-3-4-6-8-16/h9-12,16,20H,2-8,13-14H2,1H3,(H,23,26)(H,24,27)/t20-/m1/s1. The lowest BCUT2D eigenvalue weighted by Crippen LogP contribution is -2.19. The third-order valence-electron chi connectivity index (χ3n) is 5.71. The van der Waals surface area contributed by atoms with Gasteiger partial charge in [0.25, 0.3) is 5.56 Å². The molecule has 1 atom stereocenters. The molecule has 1 amide bonds. The Morgan fingerprint density at radius 1 is 1.10 bits per heavy atom. The summed E-state index contributed by atoms with van der Waals surface area (Å²) in [5, 5.41) is 5.88. The molecule has 0 bridgehead atoms. The first-order valence-electron chi connectivity index (χ1n) is 10.7. The zero-order valence-electron chi connectivity index (χ0n) is 16.9. The molecule has 1 aliphatic carbocycles. The van der Waals surface area contributed by atoms with Gasteiger partial charge in [-0.05, 0) is 37.0 Å². The first-order valence-corrected chi connectivity index (χ1v) is 11.7. The molecule has 156 valence electrons. The predicted molar refractivity (Wildman–Crippen MR) is 117 cm³/mol. The highest BCUT2D eigenvalue weighted by Gasteiger charge is 2.32. The molecule has 2 aromatic rings. The Balaban J connectivity index is 1.69. The number of carbonyl (C=O) groups is 1. The Labute approximate surface area is 175 Å². The van der Waals surface area contributed by atoms with E-state index in [-0.39, 0.29) is 22.8 Å². The van der Waals surface area contributed by atoms with Crippen LogP contribution in [0.5, 0.6) is 5.75 Å². The van der Waals surface area contributed by atoms with Crippen molar-refractivity contribution >= 4 is 23.5 Å². The van der Waals surface area contributed by atoms with Gasteiger partial charge in [-0.2, -0.15) is 0 Å². The molecule has 2 heterocycles. The van der Waals surface area contributed by atoms with E-state index in [1.54, 1.807) is 0 Å². The van der Waals surface area contributed by atoms with Crippen molar-refractivity contribution < 1.29 is 9.53 Å². The van der Waals surface area contributed by atoms with E-state index < -0.39 is 0 Å². The Hall–Kier alpha value is -2.15. The SMILES string of the molecule is CCCOc1ccc([C@H]2SCC(=O)Nc3c2c(=O)[nH]n3C2CCCCCC2)cc1. The van der Waals surface area contributed by atoms with Gasteiger partial charge >= 0.3 is 0 Å². The second-order valence-corrected chi connectivity index (χ2v) is 8.97. The molecule has 6 nitrogen and oxygen atoms in total. The van der Waals surface area contributed by atoms with Gasteiger partial charge in [0, 0.05) is 0 Å². The summed E-state index contributed by atoms with van der Waals surface area (Å²) in [6, 6.07) is 8.14. The van der Waals surface area contributed by atoms with Gasteiger partial charge in [0.2, 0.25) is 5.91 Å². The molecular weight excluding hydrogens is 386 g/mol. The number of ether oxygens (including phenoxy) is 1. The Morgan fingerprint density at radius 3 is 2.52 bits per heavy atom. The van der Waals surface area contributed by atoms with Crippen LogP contribution in [0.2, 0.25) is 0 Å². The Morgan fingerprint density at radius 2 is 1.83 bits per heavy atom. The second-order valence-electron chi connectivity index (χ2n) is 7.88. The van der Waals surface area contributed by atoms with E-state index in [4.69, 9.17) is 4.74 Å². The normalized spacial score (nSPS) is 20.4. The van der Waals surface area contributed by atoms with Crippen LogP contribution in [0.3, 0.4) is 0 Å². The van der Waals surface area contributed by atoms with Gasteiger partial charge in [0.15, 0.2) is 0 Å². The van der Waals surface area contributed by atoms with E-state index in [2.05, 4.69) is 17.3 Å². The first-order chi connectivity index (χ1) is 14.2. The van der Waals surface area contributed by atoms with Crippen molar-refractivity contribution in [1.82, 2.24) is 9.78 Å². The minimum atomic E-state index is -0.181. The molecule has 1 aromatic heterocycles. The van der Waals surface area contributed by atoms with Gasteiger partial charge in [-0.15, -0.1) is 11.8 Å². The number of amides is 1. The fraction of sp³-hybridized carbons (Fsp3) is 0.545. The van der Waals surface area contributed by atoms with Gasteiger partial charge in [0.05, 0.1) is 29.2 Å². The summed E-state index contributed by atoms with van der Waals surface area (Å²) < 4.78 is 7.63. The smallest absolute Gasteiger partial charge is 0.270 e. The number of anilines is 1. The number of nitrogens with zero attached hydrogens (tertiary/aromatic N) is 1. The quantitative estimate of drug-likeness (QED) is 0.698. The zero-order valence-corrected chi connectivity index (χ0v) is 17.7. The number of hydrogen-bond acceptors (Lipinski definition) is 4. The number of aromatic nitrogens is 2. The van der Waals surface area contributed by atoms with E-state index >= 15 is 0 Å². The number of H-pyrrole nitrogens is 1. The highest BCUT2D eigenvalue weighted by Crippen LogP contribution is 2.41. The van der Waals surface area contributed by atoms with Crippen LogP contribution in [-0.2, 0) is 4.79 Å². The summed E-state index contributed by atoms with van der Waals surface area (Å²) in [4.78, 5) is 25.4. The van der Waals surface area contributed by atoms with Crippen LogP contribution in [0, 0.1) is 0 Å². The van der Waals surface area contributed by atoms with Crippen molar-refractivity contribution in [3.8, 4) is 5.75 Å². The van der Waals surface area contributed by atoms with Gasteiger partial charge in [-0.25, -0.2) is 0 Å². The third-order valence-corrected chi connectivity index (χ3v) is 6.98. The van der Waals surface area contributed by atoms with Crippen LogP contribution in [0.15, 0.2) is 29.1 Å². The monoisotopic (exact) mass is 415 g/mol. The maximum absolute atomic E-state index is 13.0. The molecule has 4 rings (SSSR count). The van der Waals surface area contributed by atoms with E-state index in [1.807, 2.05) is 28.9 Å². The molecule has 1 aliphatic heterocycles. The van der Waals surface area contributed by atoms with Crippen LogP contribution < -0.4 is 15.6 Å². The van der Waals surface area contributed by atoms with Crippen molar-refractivity contribution in [1.29, 1.82) is 0 Å². The van der Waals surface area contributed by atoms with E-state index in [0.29, 0.717) is 23.7 Å². The number of thioether (sulfide) groups is 1. The maximum atomic E-state index is 13.0. The molecule has 1 fully saturated rings. The van der Waals surface area contributed by atoms with Gasteiger partial charge in [0.1, 0.15) is 11.6 Å². The molecule has 1 saturated carbocycles. The minimum Gasteiger partial charge on any atom is -0.494 e. The summed E-state index contributed by atoms with van der Waals surface area (Å²) in [6.45, 7) is 2.76. The van der Waals surface area contributed by atoms with Crippen molar-refractivity contribution in [2.45, 2.75) is 63.2 Å².